The zero-order valence-electron chi connectivity index (χ0n) is 11.1. The molecule has 0 spiro atoms. The van der Waals surface area contributed by atoms with Gasteiger partial charge in [0.1, 0.15) is 5.15 Å². The fraction of sp³-hybridized carbons (Fsp3) is 0.375. The van der Waals surface area contributed by atoms with Crippen molar-refractivity contribution in [3.05, 3.63) is 46.2 Å². The Labute approximate surface area is 118 Å². The summed E-state index contributed by atoms with van der Waals surface area (Å²) in [6.07, 6.45) is 5.69. The fourth-order valence-corrected chi connectivity index (χ4v) is 2.84. The van der Waals surface area contributed by atoms with Crippen LogP contribution >= 0.6 is 11.6 Å². The van der Waals surface area contributed by atoms with Crippen molar-refractivity contribution in [1.29, 1.82) is 0 Å². The van der Waals surface area contributed by atoms with Crippen molar-refractivity contribution in [3.63, 3.8) is 0 Å². The van der Waals surface area contributed by atoms with Crippen molar-refractivity contribution in [2.75, 3.05) is 0 Å². The van der Waals surface area contributed by atoms with Gasteiger partial charge < -0.3 is 0 Å². The van der Waals surface area contributed by atoms with Crippen LogP contribution in [-0.2, 0) is 12.8 Å². The summed E-state index contributed by atoms with van der Waals surface area (Å²) in [5.74, 6) is 0.755. The van der Waals surface area contributed by atoms with Gasteiger partial charge in [0.2, 0.25) is 0 Å². The molecule has 1 aliphatic rings. The molecule has 0 unspecified atom stereocenters. The highest BCUT2D eigenvalue weighted by Crippen LogP contribution is 2.27. The molecule has 0 atom stereocenters. The molecule has 0 saturated carbocycles. The Kier molecular flexibility index (Phi) is 3.52. The summed E-state index contributed by atoms with van der Waals surface area (Å²) in [4.78, 5) is 9.22. The summed E-state index contributed by atoms with van der Waals surface area (Å²) in [5.41, 5.74) is 4.59. The van der Waals surface area contributed by atoms with Gasteiger partial charge in [-0.25, -0.2) is 9.97 Å². The molecule has 0 aliphatic heterocycles. The maximum Gasteiger partial charge on any atom is 0.161 e. The van der Waals surface area contributed by atoms with E-state index in [4.69, 9.17) is 16.6 Å². The summed E-state index contributed by atoms with van der Waals surface area (Å²) in [5, 5.41) is 0.641. The minimum absolute atomic E-state index is 0.641. The van der Waals surface area contributed by atoms with Gasteiger partial charge in [-0.3, -0.25) is 0 Å². The second-order valence-electron chi connectivity index (χ2n) is 5.19. The van der Waals surface area contributed by atoms with Gasteiger partial charge in [0, 0.05) is 16.8 Å². The Morgan fingerprint density at radius 2 is 1.68 bits per heavy atom. The highest BCUT2D eigenvalue weighted by Gasteiger charge is 2.16. The zero-order chi connectivity index (χ0) is 13.2. The first-order valence-electron chi connectivity index (χ1n) is 6.86. The fourth-order valence-electron chi connectivity index (χ4n) is 2.56. The van der Waals surface area contributed by atoms with Crippen molar-refractivity contribution in [2.45, 2.75) is 39.0 Å². The van der Waals surface area contributed by atoms with Crippen LogP contribution in [-0.4, -0.2) is 9.97 Å². The average molecular weight is 273 g/mol. The van der Waals surface area contributed by atoms with Crippen molar-refractivity contribution < 1.29 is 0 Å². The van der Waals surface area contributed by atoms with E-state index in [1.807, 2.05) is 0 Å². The molecule has 1 aromatic carbocycles. The first-order valence-corrected chi connectivity index (χ1v) is 7.24. The number of hydrogen-bond acceptors (Lipinski definition) is 2. The van der Waals surface area contributed by atoms with Gasteiger partial charge in [0.15, 0.2) is 5.82 Å². The van der Waals surface area contributed by atoms with Crippen LogP contribution in [0.5, 0.6) is 0 Å². The predicted octanol–water partition coefficient (Wildman–Crippen LogP) is 4.37. The molecule has 0 saturated heterocycles. The Morgan fingerprint density at radius 1 is 0.947 bits per heavy atom. The summed E-state index contributed by atoms with van der Waals surface area (Å²) < 4.78 is 0. The van der Waals surface area contributed by atoms with Crippen molar-refractivity contribution in [1.82, 2.24) is 9.97 Å². The van der Waals surface area contributed by atoms with Gasteiger partial charge in [0.05, 0.1) is 0 Å². The number of halogens is 1. The smallest absolute Gasteiger partial charge is 0.161 e. The molecule has 2 aromatic rings. The molecule has 1 aromatic heterocycles. The zero-order valence-corrected chi connectivity index (χ0v) is 11.9. The van der Waals surface area contributed by atoms with E-state index in [2.05, 4.69) is 36.2 Å². The normalized spacial score (nSPS) is 14.8. The number of aromatic nitrogens is 2. The van der Waals surface area contributed by atoms with Crippen molar-refractivity contribution >= 4 is 11.6 Å². The molecular weight excluding hydrogens is 256 g/mol. The summed E-state index contributed by atoms with van der Waals surface area (Å²) in [6.45, 7) is 2.08. The van der Waals surface area contributed by atoms with E-state index in [1.165, 1.54) is 24.8 Å². The highest BCUT2D eigenvalue weighted by atomic mass is 35.5. The van der Waals surface area contributed by atoms with Crippen molar-refractivity contribution in [2.24, 2.45) is 0 Å². The van der Waals surface area contributed by atoms with Gasteiger partial charge in [-0.2, -0.15) is 0 Å². The largest absolute Gasteiger partial charge is 0.233 e. The molecule has 98 valence electrons. The minimum Gasteiger partial charge on any atom is -0.233 e. The van der Waals surface area contributed by atoms with Gasteiger partial charge in [-0.05, 0) is 32.6 Å². The lowest BCUT2D eigenvalue weighted by molar-refractivity contribution is 0.709. The molecule has 0 fully saturated rings. The molecule has 0 N–H and O–H groups in total. The number of hydrogen-bond donors (Lipinski definition) is 0. The molecule has 3 heteroatoms. The molecule has 0 amide bonds. The molecule has 19 heavy (non-hydrogen) atoms. The topological polar surface area (TPSA) is 25.8 Å². The van der Waals surface area contributed by atoms with E-state index in [1.54, 1.807) is 0 Å². The molecule has 2 nitrogen and oxygen atoms in total. The lowest BCUT2D eigenvalue weighted by Crippen LogP contribution is -2.02. The van der Waals surface area contributed by atoms with E-state index < -0.39 is 0 Å². The number of rotatable bonds is 1. The first-order chi connectivity index (χ1) is 9.24. The maximum atomic E-state index is 6.35. The monoisotopic (exact) mass is 272 g/mol. The van der Waals surface area contributed by atoms with E-state index in [0.29, 0.717) is 5.15 Å². The number of nitrogens with zero attached hydrogens (tertiary/aromatic N) is 2. The Morgan fingerprint density at radius 3 is 2.47 bits per heavy atom. The lowest BCUT2D eigenvalue weighted by atomic mass is 10.1. The third kappa shape index (κ3) is 2.64. The van der Waals surface area contributed by atoms with E-state index in [0.717, 1.165) is 35.5 Å². The quantitative estimate of drug-likeness (QED) is 0.569. The maximum absolute atomic E-state index is 6.35. The Bertz CT molecular complexity index is 590. The van der Waals surface area contributed by atoms with Crippen LogP contribution in [0.2, 0.25) is 5.15 Å². The molecule has 0 bridgehead atoms. The van der Waals surface area contributed by atoms with Crippen LogP contribution < -0.4 is 0 Å². The van der Waals surface area contributed by atoms with Crippen LogP contribution in [0, 0.1) is 6.92 Å². The Balaban J connectivity index is 2.06. The van der Waals surface area contributed by atoms with Crippen molar-refractivity contribution in [3.8, 4) is 11.4 Å². The standard InChI is InChI=1S/C16H17ClN2/c1-11-7-9-12(10-8-11)16-18-14-6-4-2-3-5-13(14)15(17)19-16/h7-10H,2-6H2,1H3. The average Bonchev–Trinajstić information content (AvgIpc) is 2.65. The summed E-state index contributed by atoms with van der Waals surface area (Å²) >= 11 is 6.35. The third-order valence-electron chi connectivity index (χ3n) is 3.69. The SMILES string of the molecule is Cc1ccc(-c2nc(Cl)c3c(n2)CCCCC3)cc1. The molecule has 1 heterocycles. The number of aryl methyl sites for hydroxylation is 2. The highest BCUT2D eigenvalue weighted by molar-refractivity contribution is 6.30. The van der Waals surface area contributed by atoms with E-state index in [9.17, 15) is 0 Å². The Hall–Kier alpha value is -1.41. The van der Waals surface area contributed by atoms with E-state index in [-0.39, 0.29) is 0 Å². The van der Waals surface area contributed by atoms with Gasteiger partial charge >= 0.3 is 0 Å². The van der Waals surface area contributed by atoms with Gasteiger partial charge in [0.25, 0.3) is 0 Å². The van der Waals surface area contributed by atoms with Crippen LogP contribution in [0.4, 0.5) is 0 Å². The van der Waals surface area contributed by atoms with Gasteiger partial charge in [-0.15, -0.1) is 0 Å². The van der Waals surface area contributed by atoms with E-state index >= 15 is 0 Å². The van der Waals surface area contributed by atoms with Crippen LogP contribution in [0.25, 0.3) is 11.4 Å². The summed E-state index contributed by atoms with van der Waals surface area (Å²) in [7, 11) is 0. The summed E-state index contributed by atoms with van der Waals surface area (Å²) in [6, 6.07) is 8.28. The first kappa shape index (κ1) is 12.6. The molecule has 0 radical (unpaired) electrons. The second kappa shape index (κ2) is 5.30. The third-order valence-corrected chi connectivity index (χ3v) is 4.01. The van der Waals surface area contributed by atoms with Crippen LogP contribution in [0.1, 0.15) is 36.1 Å². The molecule has 1 aliphatic carbocycles. The van der Waals surface area contributed by atoms with Gasteiger partial charge in [-0.1, -0.05) is 47.9 Å². The molecule has 3 rings (SSSR count). The van der Waals surface area contributed by atoms with Crippen LogP contribution in [0.15, 0.2) is 24.3 Å². The predicted molar refractivity (Wildman–Crippen MR) is 78.5 cm³/mol. The minimum atomic E-state index is 0.641. The number of fused-ring (bicyclic) bond motifs is 1. The van der Waals surface area contributed by atoms with Crippen LogP contribution in [0.3, 0.4) is 0 Å². The lowest BCUT2D eigenvalue weighted by Gasteiger charge is -2.09. The molecular formula is C16H17ClN2. The second-order valence-corrected chi connectivity index (χ2v) is 5.55. The number of benzene rings is 1.